The summed E-state index contributed by atoms with van der Waals surface area (Å²) in [7, 11) is 0. The summed E-state index contributed by atoms with van der Waals surface area (Å²) in [6.45, 7) is 3.79. The van der Waals surface area contributed by atoms with Crippen LogP contribution in [0.1, 0.15) is 322 Å². The Kier molecular flexibility index (Phi) is 54.5. The Balaban J connectivity index is 2.09. The first-order valence-electron chi connectivity index (χ1n) is 33.4. The largest absolute Gasteiger partial charge is 0.394 e. The standard InChI is InChI=1S/C68H127NO8/c1-3-5-7-9-11-13-15-17-19-21-22-23-24-25-26-27-28-29-30-31-32-33-34-35-36-37-38-39-40-42-44-46-48-50-52-54-56-58-64(72)69-61(60-76-68-67(75)66(74)65(73)63(59-70)77-68)62(71)57-55-53-51-49-47-45-43-41-20-18-16-14-12-10-8-6-4-2/h26-27,29-30,47,49,55,57,61-63,65-68,70-71,73-75H,3-25,28,31-46,48,50-54,56,58-60H2,1-2H3,(H,69,72)/b27-26-,30-29-,49-47+,57-55+. The van der Waals surface area contributed by atoms with Crippen LogP contribution in [0.25, 0.3) is 0 Å². The van der Waals surface area contributed by atoms with Gasteiger partial charge in [0.25, 0.3) is 0 Å². The van der Waals surface area contributed by atoms with Crippen LogP contribution in [0, 0.1) is 0 Å². The first-order chi connectivity index (χ1) is 37.8. The Morgan fingerprint density at radius 3 is 1.17 bits per heavy atom. The van der Waals surface area contributed by atoms with Gasteiger partial charge in [-0.3, -0.25) is 4.79 Å². The van der Waals surface area contributed by atoms with Crippen molar-refractivity contribution < 1.29 is 39.8 Å². The van der Waals surface area contributed by atoms with Crippen molar-refractivity contribution in [3.63, 3.8) is 0 Å². The van der Waals surface area contributed by atoms with Crippen LogP contribution in [-0.2, 0) is 14.3 Å². The van der Waals surface area contributed by atoms with Gasteiger partial charge in [0, 0.05) is 6.42 Å². The highest BCUT2D eigenvalue weighted by atomic mass is 16.7. The van der Waals surface area contributed by atoms with Crippen LogP contribution in [0.3, 0.4) is 0 Å². The molecular formula is C68H127NO8. The average Bonchev–Trinajstić information content (AvgIpc) is 3.43. The number of carbonyl (C=O) groups is 1. The highest BCUT2D eigenvalue weighted by Gasteiger charge is 2.44. The molecule has 77 heavy (non-hydrogen) atoms. The summed E-state index contributed by atoms with van der Waals surface area (Å²) in [6.07, 6.45) is 70.8. The van der Waals surface area contributed by atoms with Crippen molar-refractivity contribution in [2.75, 3.05) is 13.2 Å². The van der Waals surface area contributed by atoms with Crippen molar-refractivity contribution in [2.45, 2.75) is 365 Å². The molecule has 1 saturated heterocycles. The maximum atomic E-state index is 13.1. The molecule has 0 aromatic rings. The van der Waals surface area contributed by atoms with Gasteiger partial charge < -0.3 is 40.3 Å². The van der Waals surface area contributed by atoms with Crippen molar-refractivity contribution in [1.29, 1.82) is 0 Å². The summed E-state index contributed by atoms with van der Waals surface area (Å²) in [5.41, 5.74) is 0. The molecule has 0 saturated carbocycles. The smallest absolute Gasteiger partial charge is 0.220 e. The van der Waals surface area contributed by atoms with Crippen LogP contribution in [0.4, 0.5) is 0 Å². The lowest BCUT2D eigenvalue weighted by atomic mass is 9.99. The molecule has 7 atom stereocenters. The third-order valence-corrected chi connectivity index (χ3v) is 15.9. The molecule has 1 rings (SSSR count). The number of carbonyl (C=O) groups excluding carboxylic acids is 1. The predicted octanol–water partition coefficient (Wildman–Crippen LogP) is 17.6. The summed E-state index contributed by atoms with van der Waals surface area (Å²) in [5, 5.41) is 54.6. The number of ether oxygens (including phenoxy) is 2. The summed E-state index contributed by atoms with van der Waals surface area (Å²) in [4.78, 5) is 13.1. The Bertz CT molecular complexity index is 1350. The van der Waals surface area contributed by atoms with Gasteiger partial charge in [0.2, 0.25) is 5.91 Å². The molecule has 0 aliphatic carbocycles. The lowest BCUT2D eigenvalue weighted by Crippen LogP contribution is -2.60. The molecule has 0 bridgehead atoms. The van der Waals surface area contributed by atoms with Crippen molar-refractivity contribution >= 4 is 5.91 Å². The van der Waals surface area contributed by atoms with E-state index in [4.69, 9.17) is 9.47 Å². The molecule has 1 aliphatic heterocycles. The van der Waals surface area contributed by atoms with Crippen molar-refractivity contribution in [3.8, 4) is 0 Å². The molecule has 0 aromatic carbocycles. The second kappa shape index (κ2) is 57.4. The Morgan fingerprint density at radius 2 is 0.779 bits per heavy atom. The number of rotatable bonds is 58. The fourth-order valence-electron chi connectivity index (χ4n) is 10.6. The van der Waals surface area contributed by atoms with Crippen LogP contribution in [0.5, 0.6) is 0 Å². The van der Waals surface area contributed by atoms with Crippen LogP contribution >= 0.6 is 0 Å². The number of aliphatic hydroxyl groups excluding tert-OH is 5. The van der Waals surface area contributed by atoms with E-state index in [-0.39, 0.29) is 12.5 Å². The minimum Gasteiger partial charge on any atom is -0.394 e. The average molecular weight is 1090 g/mol. The molecule has 1 heterocycles. The molecule has 1 fully saturated rings. The van der Waals surface area contributed by atoms with E-state index in [1.165, 1.54) is 257 Å². The van der Waals surface area contributed by atoms with Crippen LogP contribution in [-0.4, -0.2) is 87.5 Å². The van der Waals surface area contributed by atoms with E-state index in [2.05, 4.69) is 55.6 Å². The van der Waals surface area contributed by atoms with Crippen LogP contribution < -0.4 is 5.32 Å². The summed E-state index contributed by atoms with van der Waals surface area (Å²) < 4.78 is 11.3. The maximum Gasteiger partial charge on any atom is 0.220 e. The highest BCUT2D eigenvalue weighted by Crippen LogP contribution is 2.23. The van der Waals surface area contributed by atoms with Gasteiger partial charge in [0.05, 0.1) is 25.4 Å². The molecule has 452 valence electrons. The second-order valence-corrected chi connectivity index (χ2v) is 23.3. The third-order valence-electron chi connectivity index (χ3n) is 15.9. The molecule has 6 N–H and O–H groups in total. The zero-order valence-electron chi connectivity index (χ0n) is 50.5. The van der Waals surface area contributed by atoms with Crippen molar-refractivity contribution in [1.82, 2.24) is 5.32 Å². The lowest BCUT2D eigenvalue weighted by Gasteiger charge is -2.40. The minimum atomic E-state index is -1.57. The van der Waals surface area contributed by atoms with Gasteiger partial charge in [-0.25, -0.2) is 0 Å². The number of hydrogen-bond acceptors (Lipinski definition) is 8. The summed E-state index contributed by atoms with van der Waals surface area (Å²) in [5.74, 6) is -0.183. The van der Waals surface area contributed by atoms with E-state index in [1.807, 2.05) is 6.08 Å². The van der Waals surface area contributed by atoms with Gasteiger partial charge in [0.1, 0.15) is 24.4 Å². The van der Waals surface area contributed by atoms with Crippen LogP contribution in [0.2, 0.25) is 0 Å². The predicted molar refractivity (Wildman–Crippen MR) is 327 cm³/mol. The van der Waals surface area contributed by atoms with Gasteiger partial charge in [0.15, 0.2) is 6.29 Å². The van der Waals surface area contributed by atoms with Gasteiger partial charge in [-0.2, -0.15) is 0 Å². The first kappa shape index (κ1) is 73.2. The first-order valence-corrected chi connectivity index (χ1v) is 33.4. The molecule has 0 aromatic heterocycles. The van der Waals surface area contributed by atoms with Crippen molar-refractivity contribution in [2.24, 2.45) is 0 Å². The number of aliphatic hydroxyl groups is 5. The second-order valence-electron chi connectivity index (χ2n) is 23.3. The summed E-state index contributed by atoms with van der Waals surface area (Å²) >= 11 is 0. The quantitative estimate of drug-likeness (QED) is 0.0261. The molecular weight excluding hydrogens is 959 g/mol. The third kappa shape index (κ3) is 46.5. The maximum absolute atomic E-state index is 13.1. The monoisotopic (exact) mass is 1090 g/mol. The van der Waals surface area contributed by atoms with Gasteiger partial charge in [-0.05, 0) is 64.2 Å². The van der Waals surface area contributed by atoms with E-state index in [1.54, 1.807) is 6.08 Å². The normalized spacial score (nSPS) is 19.0. The lowest BCUT2D eigenvalue weighted by molar-refractivity contribution is -0.302. The van der Waals surface area contributed by atoms with Gasteiger partial charge in [-0.1, -0.05) is 300 Å². The molecule has 9 heteroatoms. The number of hydrogen-bond donors (Lipinski definition) is 6. The zero-order valence-corrected chi connectivity index (χ0v) is 50.5. The number of allylic oxidation sites excluding steroid dienone is 7. The highest BCUT2D eigenvalue weighted by molar-refractivity contribution is 5.76. The van der Waals surface area contributed by atoms with Crippen LogP contribution in [0.15, 0.2) is 48.6 Å². The van der Waals surface area contributed by atoms with Gasteiger partial charge >= 0.3 is 0 Å². The minimum absolute atomic E-state index is 0.183. The number of unbranched alkanes of at least 4 members (excludes halogenated alkanes) is 42. The van der Waals surface area contributed by atoms with E-state index in [0.29, 0.717) is 6.42 Å². The fraction of sp³-hybridized carbons (Fsp3) is 0.868. The number of nitrogens with one attached hydrogen (secondary N) is 1. The SMILES string of the molecule is CCCCCCCCCCCCC/C=C/CC/C=C/C(O)C(COC1OC(CO)C(O)C(O)C1O)NC(=O)CCCCCCCCCCCCCCCCCCC/C=C\C/C=C\CCCCCCCCCCCCCCC. The molecule has 7 unspecified atom stereocenters. The Morgan fingerprint density at radius 1 is 0.442 bits per heavy atom. The molecule has 1 amide bonds. The summed E-state index contributed by atoms with van der Waals surface area (Å²) in [6, 6.07) is -0.822. The fourth-order valence-corrected chi connectivity index (χ4v) is 10.6. The van der Waals surface area contributed by atoms with E-state index < -0.39 is 49.5 Å². The van der Waals surface area contributed by atoms with Gasteiger partial charge in [-0.15, -0.1) is 0 Å². The molecule has 0 radical (unpaired) electrons. The van der Waals surface area contributed by atoms with E-state index in [9.17, 15) is 30.3 Å². The molecule has 1 aliphatic rings. The molecule has 9 nitrogen and oxygen atoms in total. The van der Waals surface area contributed by atoms with E-state index >= 15 is 0 Å². The van der Waals surface area contributed by atoms with E-state index in [0.717, 1.165) is 44.9 Å². The molecule has 0 spiro atoms. The topological polar surface area (TPSA) is 149 Å². The Hall–Kier alpha value is -1.85. The zero-order chi connectivity index (χ0) is 55.8. The van der Waals surface area contributed by atoms with Crippen molar-refractivity contribution in [3.05, 3.63) is 48.6 Å². The Labute approximate surface area is 475 Å². The number of amides is 1.